The van der Waals surface area contributed by atoms with E-state index in [0.717, 1.165) is 17.3 Å². The normalized spacial score (nSPS) is 10.2. The topological polar surface area (TPSA) is 36.1 Å². The summed E-state index contributed by atoms with van der Waals surface area (Å²) in [5.41, 5.74) is 1.56. The van der Waals surface area contributed by atoms with Crippen LogP contribution in [0.25, 0.3) is 10.9 Å². The third kappa shape index (κ3) is 2.23. The molecular formula is C15H16N2O. The molecule has 92 valence electrons. The van der Waals surface area contributed by atoms with E-state index >= 15 is 0 Å². The number of nitrogens with zero attached hydrogens (tertiary/aromatic N) is 1. The zero-order valence-electron chi connectivity index (χ0n) is 10.4. The van der Waals surface area contributed by atoms with E-state index in [2.05, 4.69) is 10.9 Å². The first-order valence-corrected chi connectivity index (χ1v) is 6.06. The van der Waals surface area contributed by atoms with Gasteiger partial charge in [0.25, 0.3) is 5.91 Å². The number of carbonyl (C=O) groups is 1. The minimum absolute atomic E-state index is 0.0112. The highest BCUT2D eigenvalue weighted by Gasteiger charge is 2.16. The molecule has 0 aliphatic heterocycles. The largest absolute Gasteiger partial charge is 0.361 e. The van der Waals surface area contributed by atoms with Crippen molar-refractivity contribution in [2.45, 2.75) is 13.3 Å². The summed E-state index contributed by atoms with van der Waals surface area (Å²) < 4.78 is 0. The molecule has 3 nitrogen and oxygen atoms in total. The van der Waals surface area contributed by atoms with Gasteiger partial charge in [-0.05, 0) is 18.6 Å². The first-order chi connectivity index (χ1) is 8.77. The van der Waals surface area contributed by atoms with Crippen molar-refractivity contribution < 1.29 is 4.79 Å². The van der Waals surface area contributed by atoms with E-state index in [4.69, 9.17) is 6.42 Å². The monoisotopic (exact) mass is 240 g/mol. The molecule has 0 saturated carbocycles. The lowest BCUT2D eigenvalue weighted by Crippen LogP contribution is -2.32. The Kier molecular flexibility index (Phi) is 3.69. The zero-order chi connectivity index (χ0) is 13.0. The van der Waals surface area contributed by atoms with Gasteiger partial charge in [-0.2, -0.15) is 0 Å². The van der Waals surface area contributed by atoms with Crippen molar-refractivity contribution in [2.75, 3.05) is 13.1 Å². The molecule has 1 aromatic carbocycles. The molecule has 2 aromatic rings. The average molecular weight is 240 g/mol. The van der Waals surface area contributed by atoms with E-state index < -0.39 is 0 Å². The van der Waals surface area contributed by atoms with Crippen LogP contribution in [-0.2, 0) is 0 Å². The molecule has 0 saturated heterocycles. The van der Waals surface area contributed by atoms with Crippen LogP contribution in [0, 0.1) is 12.3 Å². The molecule has 0 aliphatic carbocycles. The first kappa shape index (κ1) is 12.3. The van der Waals surface area contributed by atoms with Gasteiger partial charge in [0.1, 0.15) is 0 Å². The van der Waals surface area contributed by atoms with Gasteiger partial charge < -0.3 is 9.88 Å². The van der Waals surface area contributed by atoms with E-state index in [1.165, 1.54) is 0 Å². The summed E-state index contributed by atoms with van der Waals surface area (Å²) in [5.74, 6) is 2.53. The molecule has 0 unspecified atom stereocenters. The maximum atomic E-state index is 12.4. The predicted octanol–water partition coefficient (Wildman–Crippen LogP) is 2.65. The molecule has 1 N–H and O–H groups in total. The molecular weight excluding hydrogens is 224 g/mol. The summed E-state index contributed by atoms with van der Waals surface area (Å²) in [4.78, 5) is 17.3. The van der Waals surface area contributed by atoms with Crippen LogP contribution in [0.5, 0.6) is 0 Å². The highest BCUT2D eigenvalue weighted by molar-refractivity contribution is 6.05. The highest BCUT2D eigenvalue weighted by atomic mass is 16.2. The Morgan fingerprint density at radius 1 is 1.44 bits per heavy atom. The van der Waals surface area contributed by atoms with E-state index in [1.54, 1.807) is 4.90 Å². The number of aromatic nitrogens is 1. The van der Waals surface area contributed by atoms with E-state index in [-0.39, 0.29) is 5.91 Å². The fourth-order valence-electron chi connectivity index (χ4n) is 2.07. The number of benzene rings is 1. The maximum absolute atomic E-state index is 12.4. The number of hydrogen-bond acceptors (Lipinski definition) is 1. The predicted molar refractivity (Wildman–Crippen MR) is 73.3 cm³/mol. The number of para-hydroxylation sites is 1. The number of amides is 1. The van der Waals surface area contributed by atoms with E-state index in [9.17, 15) is 4.79 Å². The SMILES string of the molecule is C#CCN(CCC)C(=O)c1cccc2cc[nH]c12. The number of rotatable bonds is 4. The van der Waals surface area contributed by atoms with Gasteiger partial charge in [-0.15, -0.1) is 6.42 Å². The van der Waals surface area contributed by atoms with Crippen molar-refractivity contribution >= 4 is 16.8 Å². The molecule has 0 spiro atoms. The number of carbonyl (C=O) groups excluding carboxylic acids is 1. The standard InChI is InChI=1S/C15H16N2O/c1-3-10-17(11-4-2)15(18)13-7-5-6-12-8-9-16-14(12)13/h1,5-9,16H,4,10-11H2,2H3. The summed E-state index contributed by atoms with van der Waals surface area (Å²) in [6.07, 6.45) is 8.05. The van der Waals surface area contributed by atoms with Crippen LogP contribution in [-0.4, -0.2) is 28.9 Å². The Bertz CT molecular complexity index is 592. The Hall–Kier alpha value is -2.21. The first-order valence-electron chi connectivity index (χ1n) is 6.06. The molecule has 18 heavy (non-hydrogen) atoms. The smallest absolute Gasteiger partial charge is 0.256 e. The van der Waals surface area contributed by atoms with Gasteiger partial charge in [0.2, 0.25) is 0 Å². The summed E-state index contributed by atoms with van der Waals surface area (Å²) in [5, 5.41) is 1.04. The molecule has 3 heteroatoms. The number of hydrogen-bond donors (Lipinski definition) is 1. The van der Waals surface area contributed by atoms with Crippen molar-refractivity contribution in [3.05, 3.63) is 36.0 Å². The van der Waals surface area contributed by atoms with Gasteiger partial charge in [0, 0.05) is 18.1 Å². The number of nitrogens with one attached hydrogen (secondary N) is 1. The Morgan fingerprint density at radius 3 is 3.00 bits per heavy atom. The van der Waals surface area contributed by atoms with Crippen LogP contribution >= 0.6 is 0 Å². The fraction of sp³-hybridized carbons (Fsp3) is 0.267. The Labute approximate surface area is 107 Å². The molecule has 2 rings (SSSR count). The van der Waals surface area contributed by atoms with Crippen LogP contribution in [0.4, 0.5) is 0 Å². The molecule has 0 aliphatic rings. The van der Waals surface area contributed by atoms with Crippen LogP contribution < -0.4 is 0 Å². The quantitative estimate of drug-likeness (QED) is 0.819. The molecule has 0 atom stereocenters. The van der Waals surface area contributed by atoms with Crippen molar-refractivity contribution in [1.82, 2.24) is 9.88 Å². The van der Waals surface area contributed by atoms with Gasteiger partial charge in [-0.25, -0.2) is 0 Å². The van der Waals surface area contributed by atoms with E-state index in [1.807, 2.05) is 37.4 Å². The second kappa shape index (κ2) is 5.42. The third-order valence-corrected chi connectivity index (χ3v) is 2.88. The third-order valence-electron chi connectivity index (χ3n) is 2.88. The minimum Gasteiger partial charge on any atom is -0.361 e. The van der Waals surface area contributed by atoms with Crippen LogP contribution in [0.3, 0.4) is 0 Å². The second-order valence-corrected chi connectivity index (χ2v) is 4.18. The van der Waals surface area contributed by atoms with Crippen molar-refractivity contribution in [2.24, 2.45) is 0 Å². The van der Waals surface area contributed by atoms with Gasteiger partial charge in [0.05, 0.1) is 17.6 Å². The fourth-order valence-corrected chi connectivity index (χ4v) is 2.07. The lowest BCUT2D eigenvalue weighted by molar-refractivity contribution is 0.0778. The van der Waals surface area contributed by atoms with E-state index in [0.29, 0.717) is 18.7 Å². The average Bonchev–Trinajstić information content (AvgIpc) is 2.85. The van der Waals surface area contributed by atoms with Gasteiger partial charge in [-0.3, -0.25) is 4.79 Å². The lowest BCUT2D eigenvalue weighted by Gasteiger charge is -2.19. The molecule has 0 bridgehead atoms. The number of aromatic amines is 1. The van der Waals surface area contributed by atoms with Crippen LogP contribution in [0.2, 0.25) is 0 Å². The lowest BCUT2D eigenvalue weighted by atomic mass is 10.1. The molecule has 1 heterocycles. The summed E-state index contributed by atoms with van der Waals surface area (Å²) >= 11 is 0. The second-order valence-electron chi connectivity index (χ2n) is 4.18. The van der Waals surface area contributed by atoms with Gasteiger partial charge in [-0.1, -0.05) is 25.0 Å². The molecule has 0 fully saturated rings. The highest BCUT2D eigenvalue weighted by Crippen LogP contribution is 2.18. The zero-order valence-corrected chi connectivity index (χ0v) is 10.4. The summed E-state index contributed by atoms with van der Waals surface area (Å²) in [7, 11) is 0. The molecule has 1 amide bonds. The minimum atomic E-state index is -0.0112. The number of fused-ring (bicyclic) bond motifs is 1. The maximum Gasteiger partial charge on any atom is 0.256 e. The molecule has 1 aromatic heterocycles. The van der Waals surface area contributed by atoms with Crippen molar-refractivity contribution in [1.29, 1.82) is 0 Å². The van der Waals surface area contributed by atoms with Gasteiger partial charge in [0.15, 0.2) is 0 Å². The van der Waals surface area contributed by atoms with Crippen molar-refractivity contribution in [3.63, 3.8) is 0 Å². The summed E-state index contributed by atoms with van der Waals surface area (Å²) in [6.45, 7) is 3.07. The Balaban J connectivity index is 2.37. The summed E-state index contributed by atoms with van der Waals surface area (Å²) in [6, 6.07) is 7.66. The van der Waals surface area contributed by atoms with Crippen LogP contribution in [0.15, 0.2) is 30.5 Å². The number of terminal acetylenes is 1. The van der Waals surface area contributed by atoms with Gasteiger partial charge >= 0.3 is 0 Å². The Morgan fingerprint density at radius 2 is 2.28 bits per heavy atom. The van der Waals surface area contributed by atoms with Crippen LogP contribution in [0.1, 0.15) is 23.7 Å². The number of H-pyrrole nitrogens is 1. The van der Waals surface area contributed by atoms with Crippen molar-refractivity contribution in [3.8, 4) is 12.3 Å². The molecule has 0 radical (unpaired) electrons.